The van der Waals surface area contributed by atoms with Gasteiger partial charge in [0.1, 0.15) is 11.5 Å². The number of benzene rings is 1. The molecule has 2 rings (SSSR count). The monoisotopic (exact) mass is 221 g/mol. The van der Waals surface area contributed by atoms with Gasteiger partial charge >= 0.3 is 0 Å². The molecule has 3 N–H and O–H groups in total. The van der Waals surface area contributed by atoms with E-state index in [2.05, 4.69) is 5.32 Å². The molecule has 4 nitrogen and oxygen atoms in total. The SMILES string of the molecule is O=C(c1ccc(O)cc1O)C1CCNCC1. The van der Waals surface area contributed by atoms with E-state index in [4.69, 9.17) is 5.11 Å². The number of rotatable bonds is 2. The molecule has 1 saturated heterocycles. The highest BCUT2D eigenvalue weighted by Crippen LogP contribution is 2.27. The van der Waals surface area contributed by atoms with Gasteiger partial charge in [-0.15, -0.1) is 0 Å². The number of phenolic OH excluding ortho intramolecular Hbond substituents is 2. The highest BCUT2D eigenvalue weighted by Gasteiger charge is 2.24. The van der Waals surface area contributed by atoms with E-state index < -0.39 is 0 Å². The van der Waals surface area contributed by atoms with Crippen molar-refractivity contribution in [2.75, 3.05) is 13.1 Å². The van der Waals surface area contributed by atoms with Gasteiger partial charge in [0, 0.05) is 12.0 Å². The molecule has 0 atom stereocenters. The number of hydrogen-bond donors (Lipinski definition) is 3. The van der Waals surface area contributed by atoms with Gasteiger partial charge in [-0.25, -0.2) is 0 Å². The number of hydrogen-bond acceptors (Lipinski definition) is 4. The first-order chi connectivity index (χ1) is 7.68. The summed E-state index contributed by atoms with van der Waals surface area (Å²) < 4.78 is 0. The summed E-state index contributed by atoms with van der Waals surface area (Å²) in [5.41, 5.74) is 0.310. The van der Waals surface area contributed by atoms with Gasteiger partial charge in [-0.2, -0.15) is 0 Å². The summed E-state index contributed by atoms with van der Waals surface area (Å²) in [4.78, 5) is 12.1. The molecule has 0 unspecified atom stereocenters. The minimum Gasteiger partial charge on any atom is -0.508 e. The molecule has 1 heterocycles. The molecule has 1 aliphatic heterocycles. The maximum absolute atomic E-state index is 12.1. The largest absolute Gasteiger partial charge is 0.508 e. The van der Waals surface area contributed by atoms with Crippen molar-refractivity contribution in [3.8, 4) is 11.5 Å². The number of carbonyl (C=O) groups is 1. The van der Waals surface area contributed by atoms with Crippen LogP contribution in [-0.2, 0) is 0 Å². The Labute approximate surface area is 93.9 Å². The Bertz CT molecular complexity index is 397. The van der Waals surface area contributed by atoms with Crippen molar-refractivity contribution in [3.63, 3.8) is 0 Å². The van der Waals surface area contributed by atoms with E-state index >= 15 is 0 Å². The van der Waals surface area contributed by atoms with Gasteiger partial charge in [0.25, 0.3) is 0 Å². The lowest BCUT2D eigenvalue weighted by molar-refractivity contribution is 0.0892. The smallest absolute Gasteiger partial charge is 0.169 e. The molecular formula is C12H15NO3. The molecule has 0 aliphatic carbocycles. The van der Waals surface area contributed by atoms with E-state index in [0.29, 0.717) is 5.56 Å². The molecule has 0 spiro atoms. The summed E-state index contributed by atoms with van der Waals surface area (Å²) >= 11 is 0. The van der Waals surface area contributed by atoms with E-state index in [1.165, 1.54) is 18.2 Å². The molecule has 86 valence electrons. The Morgan fingerprint density at radius 3 is 2.56 bits per heavy atom. The zero-order valence-electron chi connectivity index (χ0n) is 8.94. The zero-order chi connectivity index (χ0) is 11.5. The molecule has 1 fully saturated rings. The fourth-order valence-electron chi connectivity index (χ4n) is 2.03. The van der Waals surface area contributed by atoms with E-state index in [1.807, 2.05) is 0 Å². The average Bonchev–Trinajstić information content (AvgIpc) is 2.29. The van der Waals surface area contributed by atoms with Crippen LogP contribution in [0.15, 0.2) is 18.2 Å². The van der Waals surface area contributed by atoms with Gasteiger partial charge in [-0.05, 0) is 38.1 Å². The molecular weight excluding hydrogens is 206 g/mol. The summed E-state index contributed by atoms with van der Waals surface area (Å²) in [6.45, 7) is 1.69. The Balaban J connectivity index is 2.19. The second kappa shape index (κ2) is 4.53. The van der Waals surface area contributed by atoms with E-state index in [1.54, 1.807) is 0 Å². The summed E-state index contributed by atoms with van der Waals surface area (Å²) in [6.07, 6.45) is 1.61. The van der Waals surface area contributed by atoms with Crippen LogP contribution in [0.25, 0.3) is 0 Å². The predicted molar refractivity (Wildman–Crippen MR) is 59.7 cm³/mol. The number of ketones is 1. The fraction of sp³-hybridized carbons (Fsp3) is 0.417. The Kier molecular flexibility index (Phi) is 3.10. The Morgan fingerprint density at radius 2 is 1.94 bits per heavy atom. The van der Waals surface area contributed by atoms with Crippen molar-refractivity contribution in [2.24, 2.45) is 5.92 Å². The third kappa shape index (κ3) is 2.17. The Hall–Kier alpha value is -1.55. The van der Waals surface area contributed by atoms with Crippen LogP contribution >= 0.6 is 0 Å². The minimum atomic E-state index is -0.136. The van der Waals surface area contributed by atoms with Crippen LogP contribution < -0.4 is 5.32 Å². The van der Waals surface area contributed by atoms with Crippen LogP contribution in [0.3, 0.4) is 0 Å². The first kappa shape index (κ1) is 11.0. The van der Waals surface area contributed by atoms with Crippen LogP contribution in [0.5, 0.6) is 11.5 Å². The number of phenols is 2. The van der Waals surface area contributed by atoms with E-state index in [0.717, 1.165) is 25.9 Å². The summed E-state index contributed by atoms with van der Waals surface area (Å²) in [7, 11) is 0. The lowest BCUT2D eigenvalue weighted by Crippen LogP contribution is -2.31. The number of aromatic hydroxyl groups is 2. The number of piperidine rings is 1. The summed E-state index contributed by atoms with van der Waals surface area (Å²) in [5.74, 6) is -0.210. The van der Waals surface area contributed by atoms with Crippen LogP contribution in [0.4, 0.5) is 0 Å². The normalized spacial score (nSPS) is 17.2. The van der Waals surface area contributed by atoms with Crippen molar-refractivity contribution in [2.45, 2.75) is 12.8 Å². The highest BCUT2D eigenvalue weighted by molar-refractivity contribution is 6.00. The molecule has 0 saturated carbocycles. The molecule has 1 aromatic carbocycles. The van der Waals surface area contributed by atoms with E-state index in [-0.39, 0.29) is 23.2 Å². The number of Topliss-reactive ketones (excluding diaryl/α,β-unsaturated/α-hetero) is 1. The van der Waals surface area contributed by atoms with Crippen molar-refractivity contribution in [1.29, 1.82) is 0 Å². The number of carbonyl (C=O) groups excluding carboxylic acids is 1. The second-order valence-electron chi connectivity index (χ2n) is 4.09. The molecule has 4 heteroatoms. The van der Waals surface area contributed by atoms with Gasteiger partial charge in [0.15, 0.2) is 5.78 Å². The van der Waals surface area contributed by atoms with Crippen molar-refractivity contribution in [1.82, 2.24) is 5.32 Å². The maximum Gasteiger partial charge on any atom is 0.169 e. The van der Waals surface area contributed by atoms with Gasteiger partial charge in [-0.1, -0.05) is 0 Å². The molecule has 1 aliphatic rings. The third-order valence-corrected chi connectivity index (χ3v) is 2.96. The molecule has 0 radical (unpaired) electrons. The van der Waals surface area contributed by atoms with Crippen molar-refractivity contribution in [3.05, 3.63) is 23.8 Å². The first-order valence-corrected chi connectivity index (χ1v) is 5.45. The summed E-state index contributed by atoms with van der Waals surface area (Å²) in [6, 6.07) is 4.11. The van der Waals surface area contributed by atoms with Crippen molar-refractivity contribution < 1.29 is 15.0 Å². The second-order valence-corrected chi connectivity index (χ2v) is 4.09. The topological polar surface area (TPSA) is 69.6 Å². The highest BCUT2D eigenvalue weighted by atomic mass is 16.3. The maximum atomic E-state index is 12.1. The van der Waals surface area contributed by atoms with E-state index in [9.17, 15) is 9.90 Å². The number of nitrogens with one attached hydrogen (secondary N) is 1. The molecule has 0 amide bonds. The summed E-state index contributed by atoms with van der Waals surface area (Å²) in [5, 5.41) is 21.9. The average molecular weight is 221 g/mol. The fourth-order valence-corrected chi connectivity index (χ4v) is 2.03. The molecule has 1 aromatic rings. The standard InChI is InChI=1S/C12H15NO3/c14-9-1-2-10(11(15)7-9)12(16)8-3-5-13-6-4-8/h1-2,7-8,13-15H,3-6H2. The first-order valence-electron chi connectivity index (χ1n) is 5.45. The van der Waals surface area contributed by atoms with Gasteiger partial charge < -0.3 is 15.5 Å². The van der Waals surface area contributed by atoms with Crippen molar-refractivity contribution >= 4 is 5.78 Å². The molecule has 0 aromatic heterocycles. The lowest BCUT2D eigenvalue weighted by Gasteiger charge is -2.21. The zero-order valence-corrected chi connectivity index (χ0v) is 8.94. The quantitative estimate of drug-likeness (QED) is 0.658. The van der Waals surface area contributed by atoms with Gasteiger partial charge in [0.05, 0.1) is 5.56 Å². The van der Waals surface area contributed by atoms with Gasteiger partial charge in [0.2, 0.25) is 0 Å². The van der Waals surface area contributed by atoms with Crippen LogP contribution in [0, 0.1) is 5.92 Å². The van der Waals surface area contributed by atoms with Gasteiger partial charge in [-0.3, -0.25) is 4.79 Å². The minimum absolute atomic E-state index is 0.0170. The molecule has 0 bridgehead atoms. The predicted octanol–water partition coefficient (Wildman–Crippen LogP) is 1.28. The lowest BCUT2D eigenvalue weighted by atomic mass is 9.89. The van der Waals surface area contributed by atoms with Crippen LogP contribution in [-0.4, -0.2) is 29.1 Å². The van der Waals surface area contributed by atoms with Crippen LogP contribution in [0.2, 0.25) is 0 Å². The van der Waals surface area contributed by atoms with Crippen LogP contribution in [0.1, 0.15) is 23.2 Å². The third-order valence-electron chi connectivity index (χ3n) is 2.96. The molecule has 16 heavy (non-hydrogen) atoms. The Morgan fingerprint density at radius 1 is 1.25 bits per heavy atom.